The number of aromatic nitrogens is 2. The maximum atomic E-state index is 13.8. The fourth-order valence-electron chi connectivity index (χ4n) is 4.95. The predicted octanol–water partition coefficient (Wildman–Crippen LogP) is 6.47. The van der Waals surface area contributed by atoms with Crippen LogP contribution in [0.25, 0.3) is 0 Å². The molecule has 1 aromatic carbocycles. The van der Waals surface area contributed by atoms with E-state index in [0.717, 1.165) is 50.0 Å². The molecular weight excluding hydrogens is 662 g/mol. The Bertz CT molecular complexity index is 1120. The summed E-state index contributed by atoms with van der Waals surface area (Å²) in [6, 6.07) is 4.41. The van der Waals surface area contributed by atoms with Gasteiger partial charge in [-0.2, -0.15) is 39.5 Å². The van der Waals surface area contributed by atoms with Crippen LogP contribution in [0.3, 0.4) is 0 Å². The first-order valence-corrected chi connectivity index (χ1v) is 14.1. The highest BCUT2D eigenvalue weighted by Gasteiger charge is 2.81. The Balaban J connectivity index is 0.00000924. The maximum absolute atomic E-state index is 13.8. The third-order valence-corrected chi connectivity index (χ3v) is 7.21. The lowest BCUT2D eigenvalue weighted by Crippen LogP contribution is -3.00. The molecule has 0 aliphatic carbocycles. The van der Waals surface area contributed by atoms with E-state index in [4.69, 9.17) is 4.74 Å². The Labute approximate surface area is 256 Å². The van der Waals surface area contributed by atoms with E-state index < -0.39 is 36.8 Å². The Hall–Kier alpha value is -1.99. The molecule has 0 spiro atoms. The number of aryl methyl sites for hydroxylation is 1. The van der Waals surface area contributed by atoms with Gasteiger partial charge in [0, 0.05) is 12.0 Å². The molecule has 0 bridgehead atoms. The topological polar surface area (TPSA) is 18.0 Å². The molecule has 0 saturated carbocycles. The van der Waals surface area contributed by atoms with Gasteiger partial charge in [-0.1, -0.05) is 52.4 Å². The zero-order valence-corrected chi connectivity index (χ0v) is 26.0. The molecule has 0 fully saturated rings. The standard InChI is InChI=1S/C29H39F10N2O.BrH/c1-21(2)25-40(17-18-41(25)20-22-19-23(30)13-14-24(22)42-3)16-12-10-8-6-4-5-7-9-11-15-26(31,32)27(33,34)28(35,36)29(37,38)39;/h13-14,17-19,21H,4-12,15-16,20H2,1-3H3;1H/q+1;/p-1. The molecule has 0 unspecified atom stereocenters. The number of nitrogens with zero attached hydrogens (tertiary/aromatic N) is 2. The minimum atomic E-state index is -6.82. The molecule has 1 aromatic heterocycles. The van der Waals surface area contributed by atoms with Crippen LogP contribution >= 0.6 is 0 Å². The first kappa shape index (κ1) is 39.0. The van der Waals surface area contributed by atoms with E-state index >= 15 is 0 Å². The molecule has 0 aliphatic rings. The van der Waals surface area contributed by atoms with E-state index in [9.17, 15) is 43.9 Å². The number of alkyl halides is 9. The molecule has 0 radical (unpaired) electrons. The molecular formula is C29H39BrF10N2O. The van der Waals surface area contributed by atoms with Crippen molar-refractivity contribution in [1.29, 1.82) is 0 Å². The fourth-order valence-corrected chi connectivity index (χ4v) is 4.95. The third-order valence-electron chi connectivity index (χ3n) is 7.21. The van der Waals surface area contributed by atoms with Crippen LogP contribution < -0.4 is 26.3 Å². The van der Waals surface area contributed by atoms with E-state index in [1.54, 1.807) is 13.2 Å². The summed E-state index contributed by atoms with van der Waals surface area (Å²) in [4.78, 5) is 0. The normalized spacial score (nSPS) is 13.0. The zero-order valence-electron chi connectivity index (χ0n) is 24.4. The number of halogens is 11. The number of hydrogen-bond acceptors (Lipinski definition) is 1. The molecule has 0 saturated heterocycles. The lowest BCUT2D eigenvalue weighted by Gasteiger charge is -2.33. The highest BCUT2D eigenvalue weighted by molar-refractivity contribution is 5.33. The van der Waals surface area contributed by atoms with Gasteiger partial charge in [-0.05, 0) is 37.5 Å². The van der Waals surface area contributed by atoms with Gasteiger partial charge in [-0.15, -0.1) is 0 Å². The molecule has 2 rings (SSSR count). The molecule has 0 atom stereocenters. The third kappa shape index (κ3) is 10.0. The van der Waals surface area contributed by atoms with Crippen molar-refractivity contribution in [3.05, 3.63) is 47.8 Å². The van der Waals surface area contributed by atoms with Crippen LogP contribution in [-0.4, -0.2) is 35.6 Å². The van der Waals surface area contributed by atoms with Crippen LogP contribution in [-0.2, 0) is 13.1 Å². The van der Waals surface area contributed by atoms with Gasteiger partial charge in [0.25, 0.3) is 5.82 Å². The quantitative estimate of drug-likeness (QED) is 0.0992. The van der Waals surface area contributed by atoms with Crippen molar-refractivity contribution in [2.45, 2.75) is 121 Å². The smallest absolute Gasteiger partial charge is 0.460 e. The molecule has 43 heavy (non-hydrogen) atoms. The van der Waals surface area contributed by atoms with E-state index in [-0.39, 0.29) is 35.1 Å². The van der Waals surface area contributed by atoms with Crippen molar-refractivity contribution in [1.82, 2.24) is 4.57 Å². The molecule has 14 heteroatoms. The minimum absolute atomic E-state index is 0. The largest absolute Gasteiger partial charge is 1.00 e. The van der Waals surface area contributed by atoms with Crippen molar-refractivity contribution in [3.63, 3.8) is 0 Å². The SMILES string of the molecule is COc1ccc(F)cc1C[n+]1ccn(CCCCCCCCCCCC(F)(F)C(F)(F)C(F)(F)C(F)(F)F)c1C(C)C.[Br-]. The number of rotatable bonds is 18. The van der Waals surface area contributed by atoms with Gasteiger partial charge in [0.15, 0.2) is 0 Å². The molecule has 0 aliphatic heterocycles. The second kappa shape index (κ2) is 16.4. The summed E-state index contributed by atoms with van der Waals surface area (Å²) in [5.41, 5.74) is 0.733. The molecule has 248 valence electrons. The summed E-state index contributed by atoms with van der Waals surface area (Å²) in [7, 11) is 1.54. The van der Waals surface area contributed by atoms with E-state index in [0.29, 0.717) is 25.1 Å². The van der Waals surface area contributed by atoms with Crippen LogP contribution in [0.1, 0.15) is 95.4 Å². The van der Waals surface area contributed by atoms with Crippen LogP contribution in [0.4, 0.5) is 43.9 Å². The number of hydrogen-bond donors (Lipinski definition) is 0. The summed E-state index contributed by atoms with van der Waals surface area (Å²) < 4.78 is 139. The van der Waals surface area contributed by atoms with Gasteiger partial charge >= 0.3 is 23.9 Å². The van der Waals surface area contributed by atoms with E-state index in [1.165, 1.54) is 12.1 Å². The molecule has 3 nitrogen and oxygen atoms in total. The number of imidazole rings is 1. The highest BCUT2D eigenvalue weighted by Crippen LogP contribution is 2.54. The minimum Gasteiger partial charge on any atom is -1.00 e. The fraction of sp³-hybridized carbons (Fsp3) is 0.690. The van der Waals surface area contributed by atoms with E-state index in [2.05, 4.69) is 23.0 Å². The monoisotopic (exact) mass is 700 g/mol. The number of ether oxygens (including phenoxy) is 1. The van der Waals surface area contributed by atoms with Gasteiger partial charge in [-0.3, -0.25) is 0 Å². The average molecular weight is 702 g/mol. The van der Waals surface area contributed by atoms with Crippen molar-refractivity contribution in [2.24, 2.45) is 0 Å². The van der Waals surface area contributed by atoms with Crippen LogP contribution in [0.5, 0.6) is 5.75 Å². The van der Waals surface area contributed by atoms with Crippen LogP contribution in [0.15, 0.2) is 30.6 Å². The van der Waals surface area contributed by atoms with Gasteiger partial charge in [0.2, 0.25) is 0 Å². The number of benzene rings is 1. The summed E-state index contributed by atoms with van der Waals surface area (Å²) >= 11 is 0. The molecule has 1 heterocycles. The van der Waals surface area contributed by atoms with Gasteiger partial charge < -0.3 is 21.7 Å². The van der Waals surface area contributed by atoms with Crippen molar-refractivity contribution in [3.8, 4) is 5.75 Å². The highest BCUT2D eigenvalue weighted by atomic mass is 79.9. The second-order valence-electron chi connectivity index (χ2n) is 10.9. The first-order chi connectivity index (χ1) is 19.5. The van der Waals surface area contributed by atoms with Crippen molar-refractivity contribution in [2.75, 3.05) is 7.11 Å². The Morgan fingerprint density at radius 3 is 1.84 bits per heavy atom. The Morgan fingerprint density at radius 1 is 0.791 bits per heavy atom. The van der Waals surface area contributed by atoms with Crippen LogP contribution in [0, 0.1) is 5.82 Å². The average Bonchev–Trinajstić information content (AvgIpc) is 3.29. The van der Waals surface area contributed by atoms with E-state index in [1.807, 2.05) is 12.4 Å². The summed E-state index contributed by atoms with van der Waals surface area (Å²) in [6.07, 6.45) is 0.216. The second-order valence-corrected chi connectivity index (χ2v) is 10.9. The molecule has 2 aromatic rings. The molecule has 0 amide bonds. The zero-order chi connectivity index (χ0) is 31.8. The Kier molecular flexibility index (Phi) is 14.8. The van der Waals surface area contributed by atoms with Crippen molar-refractivity contribution >= 4 is 0 Å². The van der Waals surface area contributed by atoms with Crippen LogP contribution in [0.2, 0.25) is 0 Å². The van der Waals surface area contributed by atoms with Gasteiger partial charge in [-0.25, -0.2) is 13.5 Å². The lowest BCUT2D eigenvalue weighted by molar-refractivity contribution is -0.696. The maximum Gasteiger partial charge on any atom is 0.460 e. The summed E-state index contributed by atoms with van der Waals surface area (Å²) in [5.74, 6) is -17.2. The Morgan fingerprint density at radius 2 is 1.33 bits per heavy atom. The summed E-state index contributed by atoms with van der Waals surface area (Å²) in [6.45, 7) is 5.40. The van der Waals surface area contributed by atoms with Gasteiger partial charge in [0.05, 0.1) is 19.6 Å². The molecule has 0 N–H and O–H groups in total. The number of methoxy groups -OCH3 is 1. The lowest BCUT2D eigenvalue weighted by atomic mass is 9.97. The first-order valence-electron chi connectivity index (χ1n) is 14.1. The summed E-state index contributed by atoms with van der Waals surface area (Å²) in [5, 5.41) is 0. The number of unbranched alkanes of at least 4 members (excludes halogenated alkanes) is 8. The predicted molar refractivity (Wildman–Crippen MR) is 138 cm³/mol. The van der Waals surface area contributed by atoms with Gasteiger partial charge in [0.1, 0.15) is 30.5 Å². The van der Waals surface area contributed by atoms with Crippen molar-refractivity contribution < 1.29 is 70.2 Å².